The van der Waals surface area contributed by atoms with Crippen molar-refractivity contribution in [1.82, 2.24) is 15.0 Å². The molecule has 0 amide bonds. The summed E-state index contributed by atoms with van der Waals surface area (Å²) in [6, 6.07) is 9.57. The molecule has 18 heavy (non-hydrogen) atoms. The van der Waals surface area contributed by atoms with Crippen molar-refractivity contribution in [3.63, 3.8) is 0 Å². The van der Waals surface area contributed by atoms with Crippen LogP contribution in [0.4, 0.5) is 0 Å². The first kappa shape index (κ1) is 10.3. The quantitative estimate of drug-likeness (QED) is 0.742. The highest BCUT2D eigenvalue weighted by molar-refractivity contribution is 5.86. The molecule has 0 atom stereocenters. The van der Waals surface area contributed by atoms with Crippen LogP contribution in [0.5, 0.6) is 11.8 Å². The number of benzene rings is 1. The molecule has 3 rings (SSSR count). The predicted octanol–water partition coefficient (Wildman–Crippen LogP) is 2.62. The number of hydrogen-bond acceptors (Lipinski definition) is 4. The maximum absolute atomic E-state index is 8.91. The van der Waals surface area contributed by atoms with Gasteiger partial charge >= 0.3 is 6.01 Å². The highest BCUT2D eigenvalue weighted by Gasteiger charge is 2.05. The Hall–Kier alpha value is -2.87. The summed E-state index contributed by atoms with van der Waals surface area (Å²) >= 11 is 0. The van der Waals surface area contributed by atoms with Gasteiger partial charge in [-0.25, -0.2) is 9.97 Å². The van der Waals surface area contributed by atoms with E-state index in [4.69, 9.17) is 10.00 Å². The van der Waals surface area contributed by atoms with E-state index in [1.165, 1.54) is 0 Å². The first-order valence-electron chi connectivity index (χ1n) is 5.33. The Morgan fingerprint density at radius 1 is 1.22 bits per heavy atom. The third kappa shape index (κ3) is 1.76. The molecule has 1 aromatic carbocycles. The SMILES string of the molecule is N#Cc1c[nH]c2cc(Oc3ncccn3)ccc12. The number of nitrogens with one attached hydrogen (secondary N) is 1. The van der Waals surface area contributed by atoms with Gasteiger partial charge in [0.15, 0.2) is 0 Å². The number of nitrogens with zero attached hydrogens (tertiary/aromatic N) is 3. The van der Waals surface area contributed by atoms with Gasteiger partial charge < -0.3 is 9.72 Å². The van der Waals surface area contributed by atoms with Crippen LogP contribution in [-0.4, -0.2) is 15.0 Å². The zero-order chi connectivity index (χ0) is 12.4. The van der Waals surface area contributed by atoms with Crippen LogP contribution in [0.15, 0.2) is 42.9 Å². The van der Waals surface area contributed by atoms with E-state index in [-0.39, 0.29) is 0 Å². The van der Waals surface area contributed by atoms with Crippen LogP contribution >= 0.6 is 0 Å². The van der Waals surface area contributed by atoms with Gasteiger partial charge in [0.2, 0.25) is 0 Å². The van der Waals surface area contributed by atoms with Crippen LogP contribution in [0.2, 0.25) is 0 Å². The maximum Gasteiger partial charge on any atom is 0.321 e. The lowest BCUT2D eigenvalue weighted by Crippen LogP contribution is -1.89. The minimum Gasteiger partial charge on any atom is -0.424 e. The second-order valence-electron chi connectivity index (χ2n) is 3.65. The summed E-state index contributed by atoms with van der Waals surface area (Å²) < 4.78 is 5.50. The molecule has 0 saturated heterocycles. The highest BCUT2D eigenvalue weighted by Crippen LogP contribution is 2.24. The van der Waals surface area contributed by atoms with Crippen molar-refractivity contribution < 1.29 is 4.74 Å². The van der Waals surface area contributed by atoms with Crippen LogP contribution in [0, 0.1) is 11.3 Å². The van der Waals surface area contributed by atoms with Gasteiger partial charge in [-0.05, 0) is 18.2 Å². The van der Waals surface area contributed by atoms with E-state index < -0.39 is 0 Å². The van der Waals surface area contributed by atoms with Gasteiger partial charge in [-0.15, -0.1) is 0 Å². The summed E-state index contributed by atoms with van der Waals surface area (Å²) in [5, 5.41) is 9.78. The zero-order valence-corrected chi connectivity index (χ0v) is 9.29. The average molecular weight is 236 g/mol. The van der Waals surface area contributed by atoms with Gasteiger partial charge in [0.25, 0.3) is 0 Å². The van der Waals surface area contributed by atoms with Crippen molar-refractivity contribution in [1.29, 1.82) is 5.26 Å². The smallest absolute Gasteiger partial charge is 0.321 e. The van der Waals surface area contributed by atoms with Gasteiger partial charge in [-0.1, -0.05) is 0 Å². The van der Waals surface area contributed by atoms with Crippen molar-refractivity contribution in [3.8, 4) is 17.8 Å². The molecule has 1 N–H and O–H groups in total. The summed E-state index contributed by atoms with van der Waals surface area (Å²) in [6.45, 7) is 0. The molecule has 0 unspecified atom stereocenters. The molecule has 5 nitrogen and oxygen atoms in total. The van der Waals surface area contributed by atoms with Gasteiger partial charge in [0.1, 0.15) is 11.8 Å². The third-order valence-corrected chi connectivity index (χ3v) is 2.52. The molecule has 0 spiro atoms. The molecule has 0 fully saturated rings. The number of fused-ring (bicyclic) bond motifs is 1. The Morgan fingerprint density at radius 3 is 2.83 bits per heavy atom. The zero-order valence-electron chi connectivity index (χ0n) is 9.29. The first-order valence-corrected chi connectivity index (χ1v) is 5.33. The second-order valence-corrected chi connectivity index (χ2v) is 3.65. The summed E-state index contributed by atoms with van der Waals surface area (Å²) in [5.41, 5.74) is 1.47. The monoisotopic (exact) mass is 236 g/mol. The van der Waals surface area contributed by atoms with Gasteiger partial charge in [-0.3, -0.25) is 0 Å². The summed E-state index contributed by atoms with van der Waals surface area (Å²) in [5.74, 6) is 0.625. The van der Waals surface area contributed by atoms with Crippen LogP contribution in [0.3, 0.4) is 0 Å². The van der Waals surface area contributed by atoms with Crippen LogP contribution in [-0.2, 0) is 0 Å². The molecule has 86 valence electrons. The fourth-order valence-corrected chi connectivity index (χ4v) is 1.70. The van der Waals surface area contributed by atoms with Crippen molar-refractivity contribution in [2.24, 2.45) is 0 Å². The van der Waals surface area contributed by atoms with Crippen LogP contribution in [0.25, 0.3) is 10.9 Å². The van der Waals surface area contributed by atoms with Gasteiger partial charge in [-0.2, -0.15) is 5.26 Å². The summed E-state index contributed by atoms with van der Waals surface area (Å²) in [4.78, 5) is 11.0. The highest BCUT2D eigenvalue weighted by atomic mass is 16.5. The van der Waals surface area contributed by atoms with Crippen LogP contribution < -0.4 is 4.74 Å². The molecule has 0 aliphatic carbocycles. The van der Waals surface area contributed by atoms with E-state index in [1.54, 1.807) is 30.7 Å². The van der Waals surface area contributed by atoms with Gasteiger partial charge in [0.05, 0.1) is 11.1 Å². The number of rotatable bonds is 2. The Bertz CT molecular complexity index is 728. The molecule has 0 saturated carbocycles. The third-order valence-electron chi connectivity index (χ3n) is 2.52. The first-order chi connectivity index (χ1) is 8.86. The van der Waals surface area contributed by atoms with E-state index in [2.05, 4.69) is 21.0 Å². The minimum absolute atomic E-state index is 0.295. The number of nitriles is 1. The molecular weight excluding hydrogens is 228 g/mol. The lowest BCUT2D eigenvalue weighted by atomic mass is 10.2. The molecule has 3 aromatic rings. The largest absolute Gasteiger partial charge is 0.424 e. The second kappa shape index (κ2) is 4.18. The maximum atomic E-state index is 8.91. The Labute approximate surface area is 103 Å². The lowest BCUT2D eigenvalue weighted by Gasteiger charge is -2.02. The molecule has 0 bridgehead atoms. The van der Waals surface area contributed by atoms with E-state index in [9.17, 15) is 0 Å². The van der Waals surface area contributed by atoms with Gasteiger partial charge in [0, 0.05) is 30.0 Å². The predicted molar refractivity (Wildman–Crippen MR) is 65.1 cm³/mol. The number of H-pyrrole nitrogens is 1. The number of ether oxygens (including phenoxy) is 1. The molecule has 2 aromatic heterocycles. The van der Waals surface area contributed by atoms with E-state index in [0.29, 0.717) is 17.3 Å². The summed E-state index contributed by atoms with van der Waals surface area (Å²) in [7, 11) is 0. The molecule has 5 heteroatoms. The van der Waals surface area contributed by atoms with Crippen molar-refractivity contribution in [2.75, 3.05) is 0 Å². The van der Waals surface area contributed by atoms with Crippen molar-refractivity contribution in [2.45, 2.75) is 0 Å². The standard InChI is InChI=1S/C13H8N4O/c14-7-9-8-17-12-6-10(2-3-11(9)12)18-13-15-4-1-5-16-13/h1-6,8,17H. The van der Waals surface area contributed by atoms with E-state index in [0.717, 1.165) is 10.9 Å². The topological polar surface area (TPSA) is 74.6 Å². The van der Waals surface area contributed by atoms with E-state index >= 15 is 0 Å². The van der Waals surface area contributed by atoms with Crippen molar-refractivity contribution >= 4 is 10.9 Å². The fraction of sp³-hybridized carbons (Fsp3) is 0. The summed E-state index contributed by atoms with van der Waals surface area (Å²) in [6.07, 6.45) is 4.90. The normalized spacial score (nSPS) is 10.2. The molecule has 0 aliphatic heterocycles. The molecular formula is C13H8N4O. The average Bonchev–Trinajstić information content (AvgIpc) is 2.82. The minimum atomic E-state index is 0.295. The number of hydrogen-bond donors (Lipinski definition) is 1. The number of aromatic amines is 1. The van der Waals surface area contributed by atoms with E-state index in [1.807, 2.05) is 12.1 Å². The Balaban J connectivity index is 1.97. The Morgan fingerprint density at radius 2 is 2.06 bits per heavy atom. The van der Waals surface area contributed by atoms with Crippen molar-refractivity contribution in [3.05, 3.63) is 48.4 Å². The fourth-order valence-electron chi connectivity index (χ4n) is 1.70. The Kier molecular flexibility index (Phi) is 2.39. The number of aromatic nitrogens is 3. The molecule has 0 aliphatic rings. The lowest BCUT2D eigenvalue weighted by molar-refractivity contribution is 0.442. The van der Waals surface area contributed by atoms with Crippen LogP contribution in [0.1, 0.15) is 5.56 Å². The molecule has 0 radical (unpaired) electrons. The molecule has 2 heterocycles.